The molecule has 0 aliphatic carbocycles. The molecule has 2 atom stereocenters. The summed E-state index contributed by atoms with van der Waals surface area (Å²) in [4.78, 5) is 43.1. The van der Waals surface area contributed by atoms with Crippen LogP contribution in [0.5, 0.6) is 11.5 Å². The fourth-order valence-corrected chi connectivity index (χ4v) is 4.89. The Kier molecular flexibility index (Phi) is 6.15. The number of amides is 3. The first-order chi connectivity index (χ1) is 15.8. The van der Waals surface area contributed by atoms with Gasteiger partial charge in [0, 0.05) is 6.54 Å². The van der Waals surface area contributed by atoms with Crippen molar-refractivity contribution in [3.63, 3.8) is 0 Å². The van der Waals surface area contributed by atoms with Gasteiger partial charge in [0.05, 0.1) is 31.4 Å². The van der Waals surface area contributed by atoms with Gasteiger partial charge in [-0.3, -0.25) is 19.3 Å². The van der Waals surface area contributed by atoms with Crippen LogP contribution in [0, 0.1) is 5.92 Å². The van der Waals surface area contributed by atoms with Crippen LogP contribution in [0.2, 0.25) is 0 Å². The van der Waals surface area contributed by atoms with Crippen molar-refractivity contribution in [3.05, 3.63) is 58.7 Å². The maximum absolute atomic E-state index is 13.9. The average Bonchev–Trinajstić information content (AvgIpc) is 3.06. The number of carbonyl (C=O) groups is 3. The van der Waals surface area contributed by atoms with Crippen LogP contribution in [0.1, 0.15) is 65.1 Å². The molecule has 0 unspecified atom stereocenters. The highest BCUT2D eigenvalue weighted by atomic mass is 16.5. The molecule has 0 spiro atoms. The highest BCUT2D eigenvalue weighted by molar-refractivity contribution is 6.22. The number of nitrogens with zero attached hydrogens (tertiary/aromatic N) is 2. The summed E-state index contributed by atoms with van der Waals surface area (Å²) in [5, 5.41) is 0. The van der Waals surface area contributed by atoms with Crippen LogP contribution in [0.3, 0.4) is 0 Å². The largest absolute Gasteiger partial charge is 0.493 e. The second-order valence-corrected chi connectivity index (χ2v) is 9.03. The van der Waals surface area contributed by atoms with Gasteiger partial charge in [0.25, 0.3) is 11.8 Å². The Morgan fingerprint density at radius 1 is 1.03 bits per heavy atom. The van der Waals surface area contributed by atoms with Gasteiger partial charge in [0.2, 0.25) is 5.91 Å². The van der Waals surface area contributed by atoms with Gasteiger partial charge < -0.3 is 14.4 Å². The van der Waals surface area contributed by atoms with Gasteiger partial charge in [0.15, 0.2) is 11.5 Å². The van der Waals surface area contributed by atoms with E-state index in [0.29, 0.717) is 42.0 Å². The van der Waals surface area contributed by atoms with Gasteiger partial charge >= 0.3 is 0 Å². The van der Waals surface area contributed by atoms with E-state index in [4.69, 9.17) is 9.47 Å². The molecule has 174 valence electrons. The second-order valence-electron chi connectivity index (χ2n) is 9.03. The molecule has 2 heterocycles. The van der Waals surface area contributed by atoms with E-state index in [1.807, 2.05) is 32.9 Å². The lowest BCUT2D eigenvalue weighted by Gasteiger charge is -2.39. The summed E-state index contributed by atoms with van der Waals surface area (Å²) in [5.74, 6) is 0.395. The fraction of sp³-hybridized carbons (Fsp3) is 0.423. The summed E-state index contributed by atoms with van der Waals surface area (Å²) >= 11 is 0. The highest BCUT2D eigenvalue weighted by Gasteiger charge is 2.45. The lowest BCUT2D eigenvalue weighted by molar-refractivity contribution is -0.138. The Bertz CT molecular complexity index is 1070. The molecule has 2 aromatic carbocycles. The first-order valence-corrected chi connectivity index (χ1v) is 11.3. The third kappa shape index (κ3) is 3.86. The van der Waals surface area contributed by atoms with E-state index < -0.39 is 17.9 Å². The summed E-state index contributed by atoms with van der Waals surface area (Å²) in [5.41, 5.74) is 2.80. The number of imide groups is 1. The van der Waals surface area contributed by atoms with E-state index in [2.05, 4.69) is 0 Å². The van der Waals surface area contributed by atoms with Gasteiger partial charge in [-0.2, -0.15) is 0 Å². The number of methoxy groups -OCH3 is 2. The predicted octanol–water partition coefficient (Wildman–Crippen LogP) is 3.86. The number of carbonyl (C=O) groups excluding carboxylic acids is 3. The van der Waals surface area contributed by atoms with Gasteiger partial charge in [0.1, 0.15) is 6.04 Å². The highest BCUT2D eigenvalue weighted by Crippen LogP contribution is 2.39. The Hall–Kier alpha value is -3.35. The lowest BCUT2D eigenvalue weighted by atomic mass is 9.91. The van der Waals surface area contributed by atoms with Crippen molar-refractivity contribution in [1.82, 2.24) is 9.80 Å². The first kappa shape index (κ1) is 22.8. The molecule has 0 aromatic heterocycles. The van der Waals surface area contributed by atoms with E-state index in [-0.39, 0.29) is 17.9 Å². The molecule has 0 saturated carbocycles. The van der Waals surface area contributed by atoms with E-state index in [9.17, 15) is 14.4 Å². The van der Waals surface area contributed by atoms with Crippen LogP contribution < -0.4 is 9.47 Å². The normalized spacial score (nSPS) is 18.3. The zero-order valence-corrected chi connectivity index (χ0v) is 19.8. The summed E-state index contributed by atoms with van der Waals surface area (Å²) < 4.78 is 10.9. The lowest BCUT2D eigenvalue weighted by Crippen LogP contribution is -2.53. The summed E-state index contributed by atoms with van der Waals surface area (Å²) in [7, 11) is 3.19. The number of hydrogen-bond donors (Lipinski definition) is 0. The van der Waals surface area contributed by atoms with E-state index in [0.717, 1.165) is 11.1 Å². The summed E-state index contributed by atoms with van der Waals surface area (Å²) in [6, 6.07) is 9.56. The SMILES string of the molecule is COc1cc2c(cc1OC)[C@@H](C)N(C(=O)[C@H](CC(C)C)N1C(=O)c3ccccc3C1=O)CC2. The molecule has 2 aliphatic heterocycles. The molecule has 0 fully saturated rings. The van der Waals surface area contributed by atoms with Crippen molar-refractivity contribution in [2.24, 2.45) is 5.92 Å². The standard InChI is InChI=1S/C26H30N2O5/c1-15(2)12-21(28-24(29)18-8-6-7-9-19(18)25(28)30)26(31)27-11-10-17-13-22(32-4)23(33-5)14-20(17)16(27)3/h6-9,13-16,21H,10-12H2,1-5H3/t16-,21+/m1/s1. The van der Waals surface area contributed by atoms with Gasteiger partial charge in [-0.05, 0) is 61.1 Å². The molecule has 0 N–H and O–H groups in total. The average molecular weight is 451 g/mol. The van der Waals surface area contributed by atoms with Crippen LogP contribution in [-0.4, -0.2) is 54.3 Å². The van der Waals surface area contributed by atoms with E-state index >= 15 is 0 Å². The van der Waals surface area contributed by atoms with Crippen molar-refractivity contribution < 1.29 is 23.9 Å². The Balaban J connectivity index is 1.67. The molecule has 2 aliphatic rings. The third-order valence-electron chi connectivity index (χ3n) is 6.58. The molecule has 7 heteroatoms. The van der Waals surface area contributed by atoms with E-state index in [1.54, 1.807) is 43.4 Å². The summed E-state index contributed by atoms with van der Waals surface area (Å²) in [6.07, 6.45) is 1.06. The molecule has 7 nitrogen and oxygen atoms in total. The van der Waals surface area contributed by atoms with Crippen LogP contribution in [0.4, 0.5) is 0 Å². The minimum atomic E-state index is -0.846. The third-order valence-corrected chi connectivity index (χ3v) is 6.58. The minimum absolute atomic E-state index is 0.125. The van der Waals surface area contributed by atoms with Crippen molar-refractivity contribution in [1.29, 1.82) is 0 Å². The number of fused-ring (bicyclic) bond motifs is 2. The van der Waals surface area contributed by atoms with Crippen LogP contribution in [-0.2, 0) is 11.2 Å². The number of hydrogen-bond acceptors (Lipinski definition) is 5. The smallest absolute Gasteiger partial charge is 0.262 e. The van der Waals surface area contributed by atoms with Gasteiger partial charge in [-0.25, -0.2) is 0 Å². The van der Waals surface area contributed by atoms with Gasteiger partial charge in [-0.1, -0.05) is 26.0 Å². The summed E-state index contributed by atoms with van der Waals surface area (Å²) in [6.45, 7) is 6.45. The molecule has 33 heavy (non-hydrogen) atoms. The molecular weight excluding hydrogens is 420 g/mol. The van der Waals surface area contributed by atoms with Crippen LogP contribution in [0.25, 0.3) is 0 Å². The molecule has 3 amide bonds. The maximum Gasteiger partial charge on any atom is 0.262 e. The van der Waals surface area contributed by atoms with Crippen LogP contribution >= 0.6 is 0 Å². The zero-order chi connectivity index (χ0) is 23.9. The van der Waals surface area contributed by atoms with Gasteiger partial charge in [-0.15, -0.1) is 0 Å². The predicted molar refractivity (Wildman–Crippen MR) is 124 cm³/mol. The maximum atomic E-state index is 13.9. The topological polar surface area (TPSA) is 76.2 Å². The number of rotatable bonds is 6. The Morgan fingerprint density at radius 3 is 2.15 bits per heavy atom. The monoisotopic (exact) mass is 450 g/mol. The number of ether oxygens (including phenoxy) is 2. The molecular formula is C26H30N2O5. The van der Waals surface area contributed by atoms with Crippen molar-refractivity contribution in [3.8, 4) is 11.5 Å². The van der Waals surface area contributed by atoms with Crippen molar-refractivity contribution in [2.75, 3.05) is 20.8 Å². The van der Waals surface area contributed by atoms with E-state index in [1.165, 1.54) is 4.90 Å². The van der Waals surface area contributed by atoms with Crippen molar-refractivity contribution >= 4 is 17.7 Å². The fourth-order valence-electron chi connectivity index (χ4n) is 4.89. The Morgan fingerprint density at radius 2 is 1.61 bits per heavy atom. The quantitative estimate of drug-likeness (QED) is 0.625. The molecule has 0 saturated heterocycles. The van der Waals surface area contributed by atoms with Crippen molar-refractivity contribution in [2.45, 2.75) is 45.7 Å². The van der Waals surface area contributed by atoms with Crippen LogP contribution in [0.15, 0.2) is 36.4 Å². The minimum Gasteiger partial charge on any atom is -0.493 e. The number of benzene rings is 2. The molecule has 0 bridgehead atoms. The second kappa shape index (κ2) is 8.89. The molecule has 4 rings (SSSR count). The molecule has 2 aromatic rings. The Labute approximate surface area is 194 Å². The zero-order valence-electron chi connectivity index (χ0n) is 19.8. The molecule has 0 radical (unpaired) electrons. The first-order valence-electron chi connectivity index (χ1n) is 11.3.